The molecule has 4 nitrogen and oxygen atoms in total. The number of hydrogen-bond acceptors (Lipinski definition) is 4. The highest BCUT2D eigenvalue weighted by atomic mass is 32.1. The highest BCUT2D eigenvalue weighted by Gasteiger charge is 2.55. The van der Waals surface area contributed by atoms with Gasteiger partial charge in [0.2, 0.25) is 5.91 Å². The average Bonchev–Trinajstić information content (AvgIpc) is 2.98. The molecule has 0 aromatic carbocycles. The Morgan fingerprint density at radius 3 is 2.50 bits per heavy atom. The third-order valence-corrected chi connectivity index (χ3v) is 7.07. The second-order valence-corrected chi connectivity index (χ2v) is 8.98. The van der Waals surface area contributed by atoms with E-state index in [4.69, 9.17) is 5.73 Å². The number of amides is 1. The SMILES string of the molecule is CC(C(N)=O)C(F)(F)[C@@H](NC1(C#N)CC1)c1sccc1C1(C)CCCC1. The minimum atomic E-state index is -3.38. The molecule has 7 heteroatoms. The number of nitrogens with one attached hydrogen (secondary N) is 1. The number of nitrogens with zero attached hydrogens (tertiary/aromatic N) is 1. The van der Waals surface area contributed by atoms with Gasteiger partial charge in [0.25, 0.3) is 5.92 Å². The molecule has 1 aromatic heterocycles. The van der Waals surface area contributed by atoms with Crippen molar-refractivity contribution in [2.45, 2.75) is 75.3 Å². The van der Waals surface area contributed by atoms with Gasteiger partial charge in [-0.1, -0.05) is 19.8 Å². The molecule has 1 aromatic rings. The first kappa shape index (κ1) is 19.2. The zero-order chi connectivity index (χ0) is 19.2. The number of nitrogens with two attached hydrogens (primary N) is 1. The molecule has 1 unspecified atom stereocenters. The van der Waals surface area contributed by atoms with Gasteiger partial charge in [-0.15, -0.1) is 11.3 Å². The normalized spacial score (nSPS) is 23.2. The Labute approximate surface area is 156 Å². The molecule has 3 rings (SSSR count). The predicted molar refractivity (Wildman–Crippen MR) is 96.9 cm³/mol. The zero-order valence-corrected chi connectivity index (χ0v) is 16.0. The van der Waals surface area contributed by atoms with E-state index in [-0.39, 0.29) is 5.41 Å². The summed E-state index contributed by atoms with van der Waals surface area (Å²) in [6.45, 7) is 3.28. The first-order valence-corrected chi connectivity index (χ1v) is 9.97. The van der Waals surface area contributed by atoms with E-state index >= 15 is 8.78 Å². The van der Waals surface area contributed by atoms with Crippen LogP contribution >= 0.6 is 11.3 Å². The first-order chi connectivity index (χ1) is 12.2. The van der Waals surface area contributed by atoms with Crippen LogP contribution in [-0.4, -0.2) is 17.4 Å². The monoisotopic (exact) mass is 381 g/mol. The van der Waals surface area contributed by atoms with E-state index in [1.165, 1.54) is 11.3 Å². The zero-order valence-electron chi connectivity index (χ0n) is 15.1. The summed E-state index contributed by atoms with van der Waals surface area (Å²) in [7, 11) is 0. The number of rotatable bonds is 7. The molecular weight excluding hydrogens is 356 g/mol. The molecule has 0 saturated heterocycles. The fraction of sp³-hybridized carbons (Fsp3) is 0.684. The molecule has 2 saturated carbocycles. The van der Waals surface area contributed by atoms with E-state index in [2.05, 4.69) is 18.3 Å². The molecule has 142 valence electrons. The van der Waals surface area contributed by atoms with Crippen LogP contribution in [0.15, 0.2) is 11.4 Å². The Morgan fingerprint density at radius 2 is 2.00 bits per heavy atom. The molecular formula is C19H25F2N3OS. The largest absolute Gasteiger partial charge is 0.369 e. The van der Waals surface area contributed by atoms with Crippen molar-refractivity contribution in [3.63, 3.8) is 0 Å². The summed E-state index contributed by atoms with van der Waals surface area (Å²) in [6.07, 6.45) is 5.17. The van der Waals surface area contributed by atoms with E-state index in [0.29, 0.717) is 17.7 Å². The Kier molecular flexibility index (Phi) is 4.87. The third-order valence-electron chi connectivity index (χ3n) is 6.09. The third kappa shape index (κ3) is 3.25. The van der Waals surface area contributed by atoms with Crippen molar-refractivity contribution in [1.29, 1.82) is 5.26 Å². The van der Waals surface area contributed by atoms with E-state index in [0.717, 1.165) is 38.2 Å². The van der Waals surface area contributed by atoms with Gasteiger partial charge in [0.05, 0.1) is 6.07 Å². The molecule has 0 bridgehead atoms. The van der Waals surface area contributed by atoms with Crippen LogP contribution in [0, 0.1) is 17.2 Å². The molecule has 3 N–H and O–H groups in total. The highest BCUT2D eigenvalue weighted by molar-refractivity contribution is 7.10. The Balaban J connectivity index is 2.04. The van der Waals surface area contributed by atoms with Crippen LogP contribution in [0.4, 0.5) is 8.78 Å². The number of nitriles is 1. The van der Waals surface area contributed by atoms with Crippen LogP contribution in [0.1, 0.15) is 68.9 Å². The highest BCUT2D eigenvalue weighted by Crippen LogP contribution is 2.50. The molecule has 2 atom stereocenters. The smallest absolute Gasteiger partial charge is 0.279 e. The fourth-order valence-corrected chi connectivity index (χ4v) is 5.08. The Bertz CT molecular complexity index is 729. The summed E-state index contributed by atoms with van der Waals surface area (Å²) >= 11 is 1.27. The summed E-state index contributed by atoms with van der Waals surface area (Å²) in [5.74, 6) is -6.04. The summed E-state index contributed by atoms with van der Waals surface area (Å²) in [5, 5.41) is 14.1. The Morgan fingerprint density at radius 1 is 1.38 bits per heavy atom. The molecule has 2 aliphatic rings. The van der Waals surface area contributed by atoms with Gasteiger partial charge in [0.1, 0.15) is 17.5 Å². The van der Waals surface area contributed by atoms with Crippen LogP contribution in [0.5, 0.6) is 0 Å². The summed E-state index contributed by atoms with van der Waals surface area (Å²) in [6, 6.07) is 2.67. The van der Waals surface area contributed by atoms with Crippen molar-refractivity contribution < 1.29 is 13.6 Å². The molecule has 2 fully saturated rings. The van der Waals surface area contributed by atoms with E-state index in [9.17, 15) is 10.1 Å². The van der Waals surface area contributed by atoms with Crippen molar-refractivity contribution in [1.82, 2.24) is 5.32 Å². The Hall–Kier alpha value is -1.52. The average molecular weight is 381 g/mol. The molecule has 0 radical (unpaired) electrons. The van der Waals surface area contributed by atoms with Crippen LogP contribution in [-0.2, 0) is 10.2 Å². The van der Waals surface area contributed by atoms with E-state index in [1.54, 1.807) is 0 Å². The lowest BCUT2D eigenvalue weighted by molar-refractivity contribution is -0.140. The number of carbonyl (C=O) groups is 1. The van der Waals surface area contributed by atoms with Gasteiger partial charge in [-0.25, -0.2) is 8.78 Å². The number of hydrogen-bond donors (Lipinski definition) is 2. The second-order valence-electron chi connectivity index (χ2n) is 8.04. The molecule has 26 heavy (non-hydrogen) atoms. The topological polar surface area (TPSA) is 78.9 Å². The van der Waals surface area contributed by atoms with Crippen LogP contribution in [0.3, 0.4) is 0 Å². The molecule has 0 aliphatic heterocycles. The van der Waals surface area contributed by atoms with Crippen LogP contribution in [0.2, 0.25) is 0 Å². The maximum absolute atomic E-state index is 15.3. The van der Waals surface area contributed by atoms with Gasteiger partial charge in [-0.2, -0.15) is 5.26 Å². The van der Waals surface area contributed by atoms with E-state index in [1.807, 2.05) is 11.4 Å². The molecule has 1 amide bonds. The number of halogens is 2. The molecule has 0 spiro atoms. The molecule has 1 heterocycles. The quantitative estimate of drug-likeness (QED) is 0.749. The van der Waals surface area contributed by atoms with Gasteiger partial charge in [-0.05, 0) is 55.0 Å². The number of thiophene rings is 1. The van der Waals surface area contributed by atoms with Crippen molar-refractivity contribution in [2.75, 3.05) is 0 Å². The fourth-order valence-electron chi connectivity index (χ4n) is 3.93. The maximum Gasteiger partial charge on any atom is 0.279 e. The first-order valence-electron chi connectivity index (χ1n) is 9.09. The number of carbonyl (C=O) groups excluding carboxylic acids is 1. The van der Waals surface area contributed by atoms with E-state index < -0.39 is 29.3 Å². The van der Waals surface area contributed by atoms with Gasteiger partial charge >= 0.3 is 0 Å². The van der Waals surface area contributed by atoms with Crippen molar-refractivity contribution in [3.8, 4) is 6.07 Å². The van der Waals surface area contributed by atoms with Gasteiger partial charge < -0.3 is 5.73 Å². The summed E-state index contributed by atoms with van der Waals surface area (Å²) in [5.41, 5.74) is 5.06. The number of primary amides is 1. The summed E-state index contributed by atoms with van der Waals surface area (Å²) in [4.78, 5) is 12.1. The van der Waals surface area contributed by atoms with Crippen LogP contribution in [0.25, 0.3) is 0 Å². The lowest BCUT2D eigenvalue weighted by Gasteiger charge is -2.35. The summed E-state index contributed by atoms with van der Waals surface area (Å²) < 4.78 is 30.6. The van der Waals surface area contributed by atoms with Crippen LogP contribution < -0.4 is 11.1 Å². The second kappa shape index (κ2) is 6.58. The van der Waals surface area contributed by atoms with Gasteiger partial charge in [0.15, 0.2) is 0 Å². The van der Waals surface area contributed by atoms with Gasteiger partial charge in [0, 0.05) is 4.88 Å². The minimum Gasteiger partial charge on any atom is -0.369 e. The lowest BCUT2D eigenvalue weighted by Crippen LogP contribution is -2.50. The standard InChI is InChI=1S/C19H25F2N3OS/c1-12(16(23)25)19(20,21)15(24-18(11-22)8-9-18)14-13(5-10-26-14)17(2)6-3-4-7-17/h5,10,12,15,24H,3-4,6-9H2,1-2H3,(H2,23,25)/t12?,15-/m0/s1. The lowest BCUT2D eigenvalue weighted by atomic mass is 9.79. The van der Waals surface area contributed by atoms with Crippen molar-refractivity contribution in [3.05, 3.63) is 21.9 Å². The predicted octanol–water partition coefficient (Wildman–Crippen LogP) is 4.02. The minimum absolute atomic E-state index is 0.134. The molecule has 2 aliphatic carbocycles. The van der Waals surface area contributed by atoms with Crippen molar-refractivity contribution in [2.24, 2.45) is 11.7 Å². The van der Waals surface area contributed by atoms with Gasteiger partial charge in [-0.3, -0.25) is 10.1 Å². The van der Waals surface area contributed by atoms with Crippen molar-refractivity contribution >= 4 is 17.2 Å². The maximum atomic E-state index is 15.3. The number of alkyl halides is 2.